The smallest absolute Gasteiger partial charge is 0.423 e. The Morgan fingerprint density at radius 2 is 1.87 bits per heavy atom. The second-order valence-electron chi connectivity index (χ2n) is 6.76. The molecule has 0 fully saturated rings. The van der Waals surface area contributed by atoms with Crippen LogP contribution in [0.4, 0.5) is 4.79 Å². The van der Waals surface area contributed by atoms with Gasteiger partial charge in [-0.3, -0.25) is 4.90 Å². The average molecular weight is 340 g/mol. The molecule has 0 saturated carbocycles. The Balaban J connectivity index is 2.03. The van der Waals surface area contributed by atoms with Crippen molar-refractivity contribution in [3.8, 4) is 0 Å². The molecule has 6 nitrogen and oxygen atoms in total. The summed E-state index contributed by atoms with van der Waals surface area (Å²) in [6.45, 7) is 6.32. The van der Waals surface area contributed by atoms with Crippen LogP contribution in [0.15, 0.2) is 24.3 Å². The van der Waals surface area contributed by atoms with Crippen molar-refractivity contribution in [2.45, 2.75) is 39.3 Å². The molecule has 0 atom stereocenters. The van der Waals surface area contributed by atoms with Gasteiger partial charge in [0.15, 0.2) is 0 Å². The highest BCUT2D eigenvalue weighted by Gasteiger charge is 2.30. The largest absolute Gasteiger partial charge is 0.443 e. The van der Waals surface area contributed by atoms with Crippen molar-refractivity contribution < 1.29 is 17.9 Å². The summed E-state index contributed by atoms with van der Waals surface area (Å²) in [4.78, 5) is 13.8. The lowest BCUT2D eigenvalue weighted by atomic mass is 10.0. The van der Waals surface area contributed by atoms with Gasteiger partial charge in [0.1, 0.15) is 11.5 Å². The second-order valence-corrected chi connectivity index (χ2v) is 8.73. The maximum absolute atomic E-state index is 12.4. The predicted octanol–water partition coefficient (Wildman–Crippen LogP) is 2.20. The number of amides is 1. The van der Waals surface area contributed by atoms with Crippen molar-refractivity contribution in [3.63, 3.8) is 0 Å². The molecule has 1 aliphatic rings. The Morgan fingerprint density at radius 1 is 1.26 bits per heavy atom. The SMILES string of the molecule is CN(C(=O)OC(C)(C)C)S(=O)(=O)CN1CCc2ccccc2C1. The first-order valence-electron chi connectivity index (χ1n) is 7.57. The topological polar surface area (TPSA) is 66.9 Å². The summed E-state index contributed by atoms with van der Waals surface area (Å²) in [5.41, 5.74) is 1.65. The maximum atomic E-state index is 12.4. The Labute approximate surface area is 138 Å². The van der Waals surface area contributed by atoms with E-state index in [0.29, 0.717) is 17.4 Å². The highest BCUT2D eigenvalue weighted by Crippen LogP contribution is 2.20. The normalized spacial score (nSPS) is 15.8. The third kappa shape index (κ3) is 4.68. The molecule has 1 aromatic rings. The number of ether oxygens (including phenoxy) is 1. The molecule has 0 saturated heterocycles. The molecule has 1 amide bonds. The first kappa shape index (κ1) is 17.7. The average Bonchev–Trinajstić information content (AvgIpc) is 2.44. The Kier molecular flexibility index (Phi) is 5.01. The molecule has 0 aliphatic carbocycles. The molecule has 0 spiro atoms. The molecule has 0 N–H and O–H groups in total. The van der Waals surface area contributed by atoms with Gasteiger partial charge in [0.25, 0.3) is 10.0 Å². The van der Waals surface area contributed by atoms with Crippen molar-refractivity contribution in [1.82, 2.24) is 9.21 Å². The minimum atomic E-state index is -3.75. The molecular formula is C16H24N2O4S. The highest BCUT2D eigenvalue weighted by atomic mass is 32.2. The second kappa shape index (κ2) is 6.49. The molecular weight excluding hydrogens is 316 g/mol. The Bertz CT molecular complexity index is 680. The number of rotatable bonds is 3. The van der Waals surface area contributed by atoms with Crippen molar-refractivity contribution in [1.29, 1.82) is 0 Å². The molecule has 0 unspecified atom stereocenters. The number of fused-ring (bicyclic) bond motifs is 1. The van der Waals surface area contributed by atoms with Crippen LogP contribution in [-0.2, 0) is 27.7 Å². The van der Waals surface area contributed by atoms with Crippen LogP contribution in [0.2, 0.25) is 0 Å². The Hall–Kier alpha value is -1.60. The molecule has 1 aliphatic heterocycles. The van der Waals surface area contributed by atoms with Gasteiger partial charge in [-0.05, 0) is 38.3 Å². The molecule has 23 heavy (non-hydrogen) atoms. The molecule has 2 rings (SSSR count). The van der Waals surface area contributed by atoms with E-state index in [2.05, 4.69) is 6.07 Å². The predicted molar refractivity (Wildman–Crippen MR) is 88.3 cm³/mol. The first-order valence-corrected chi connectivity index (χ1v) is 9.18. The van der Waals surface area contributed by atoms with Crippen LogP contribution in [0.3, 0.4) is 0 Å². The lowest BCUT2D eigenvalue weighted by molar-refractivity contribution is 0.0418. The summed E-state index contributed by atoms with van der Waals surface area (Å²) in [7, 11) is -2.51. The molecule has 1 aromatic carbocycles. The molecule has 1 heterocycles. The number of hydrogen-bond acceptors (Lipinski definition) is 5. The van der Waals surface area contributed by atoms with Gasteiger partial charge in [0.2, 0.25) is 0 Å². The molecule has 0 aromatic heterocycles. The van der Waals surface area contributed by atoms with E-state index in [1.165, 1.54) is 12.6 Å². The minimum absolute atomic E-state index is 0.197. The molecule has 128 valence electrons. The van der Waals surface area contributed by atoms with E-state index in [4.69, 9.17) is 4.74 Å². The van der Waals surface area contributed by atoms with Gasteiger partial charge in [0, 0.05) is 20.1 Å². The molecule has 7 heteroatoms. The third-order valence-corrected chi connectivity index (χ3v) is 5.30. The molecule has 0 bridgehead atoms. The van der Waals surface area contributed by atoms with E-state index in [1.807, 2.05) is 23.1 Å². The zero-order valence-corrected chi connectivity index (χ0v) is 14.9. The Morgan fingerprint density at radius 3 is 2.48 bits per heavy atom. The van der Waals surface area contributed by atoms with E-state index in [0.717, 1.165) is 12.0 Å². The fourth-order valence-electron chi connectivity index (χ4n) is 2.42. The standard InChI is InChI=1S/C16H24N2O4S/c1-16(2,3)22-15(19)17(4)23(20,21)12-18-10-9-13-7-5-6-8-14(13)11-18/h5-8H,9-12H2,1-4H3. The summed E-state index contributed by atoms with van der Waals surface area (Å²) >= 11 is 0. The van der Waals surface area contributed by atoms with Crippen molar-refractivity contribution in [3.05, 3.63) is 35.4 Å². The number of hydrogen-bond donors (Lipinski definition) is 0. The van der Waals surface area contributed by atoms with Gasteiger partial charge in [-0.15, -0.1) is 0 Å². The lowest BCUT2D eigenvalue weighted by Gasteiger charge is -2.30. The fraction of sp³-hybridized carbons (Fsp3) is 0.562. The van der Waals surface area contributed by atoms with Crippen molar-refractivity contribution in [2.75, 3.05) is 19.5 Å². The zero-order valence-electron chi connectivity index (χ0n) is 14.1. The summed E-state index contributed by atoms with van der Waals surface area (Å²) in [6.07, 6.45) is -0.0445. The number of carbonyl (C=O) groups excluding carboxylic acids is 1. The molecule has 0 radical (unpaired) electrons. The van der Waals surface area contributed by atoms with Crippen LogP contribution in [0, 0.1) is 0 Å². The van der Waals surface area contributed by atoms with E-state index in [-0.39, 0.29) is 5.88 Å². The van der Waals surface area contributed by atoms with Gasteiger partial charge in [-0.25, -0.2) is 17.5 Å². The number of sulfonamides is 1. The lowest BCUT2D eigenvalue weighted by Crippen LogP contribution is -2.44. The van der Waals surface area contributed by atoms with E-state index in [9.17, 15) is 13.2 Å². The van der Waals surface area contributed by atoms with Crippen molar-refractivity contribution in [2.24, 2.45) is 0 Å². The van der Waals surface area contributed by atoms with Gasteiger partial charge in [0.05, 0.1) is 0 Å². The van der Waals surface area contributed by atoms with Gasteiger partial charge in [-0.2, -0.15) is 0 Å². The maximum Gasteiger partial charge on any atom is 0.423 e. The van der Waals surface area contributed by atoms with Gasteiger partial charge >= 0.3 is 6.09 Å². The van der Waals surface area contributed by atoms with Crippen LogP contribution < -0.4 is 0 Å². The van der Waals surface area contributed by atoms with Crippen LogP contribution in [0.1, 0.15) is 31.9 Å². The zero-order chi connectivity index (χ0) is 17.3. The summed E-state index contributed by atoms with van der Waals surface area (Å²) in [5.74, 6) is -0.197. The summed E-state index contributed by atoms with van der Waals surface area (Å²) in [6, 6.07) is 8.00. The number of carbonyl (C=O) groups is 1. The third-order valence-electron chi connectivity index (χ3n) is 3.62. The summed E-state index contributed by atoms with van der Waals surface area (Å²) < 4.78 is 30.7. The minimum Gasteiger partial charge on any atom is -0.443 e. The number of benzene rings is 1. The van der Waals surface area contributed by atoms with Gasteiger partial charge in [-0.1, -0.05) is 24.3 Å². The van der Waals surface area contributed by atoms with Crippen LogP contribution in [0.5, 0.6) is 0 Å². The van der Waals surface area contributed by atoms with Gasteiger partial charge < -0.3 is 4.74 Å². The number of nitrogens with zero attached hydrogens (tertiary/aromatic N) is 2. The van der Waals surface area contributed by atoms with Crippen LogP contribution >= 0.6 is 0 Å². The highest BCUT2D eigenvalue weighted by molar-refractivity contribution is 7.89. The van der Waals surface area contributed by atoms with E-state index in [1.54, 1.807) is 20.8 Å². The fourth-order valence-corrected chi connectivity index (χ4v) is 3.54. The van der Waals surface area contributed by atoms with E-state index < -0.39 is 21.7 Å². The monoisotopic (exact) mass is 340 g/mol. The van der Waals surface area contributed by atoms with Crippen LogP contribution in [0.25, 0.3) is 0 Å². The first-order chi connectivity index (χ1) is 10.6. The van der Waals surface area contributed by atoms with Crippen molar-refractivity contribution >= 4 is 16.1 Å². The van der Waals surface area contributed by atoms with Crippen LogP contribution in [-0.4, -0.2) is 48.8 Å². The van der Waals surface area contributed by atoms with E-state index >= 15 is 0 Å². The quantitative estimate of drug-likeness (QED) is 0.844. The summed E-state index contributed by atoms with van der Waals surface area (Å²) in [5, 5.41) is 0.